The Balaban J connectivity index is 2.16. The number of hydrogen-bond donors (Lipinski definition) is 1. The first-order chi connectivity index (χ1) is 8.65. The lowest BCUT2D eigenvalue weighted by Crippen LogP contribution is -2.39. The van der Waals surface area contributed by atoms with Crippen LogP contribution in [0.1, 0.15) is 44.8 Å². The summed E-state index contributed by atoms with van der Waals surface area (Å²) >= 11 is 0. The Bertz CT molecular complexity index is 383. The molecule has 1 saturated heterocycles. The van der Waals surface area contributed by atoms with Crippen LogP contribution in [0.25, 0.3) is 0 Å². The highest BCUT2D eigenvalue weighted by Crippen LogP contribution is 2.37. The van der Waals surface area contributed by atoms with Crippen molar-refractivity contribution in [1.82, 2.24) is 0 Å². The van der Waals surface area contributed by atoms with Crippen LogP contribution in [0, 0.1) is 0 Å². The zero-order chi connectivity index (χ0) is 13.0. The summed E-state index contributed by atoms with van der Waals surface area (Å²) in [5, 5.41) is 10.5. The second-order valence-corrected chi connectivity index (χ2v) is 5.03. The number of ether oxygens (including phenoxy) is 2. The van der Waals surface area contributed by atoms with E-state index in [0.717, 1.165) is 37.2 Å². The normalized spacial score (nSPS) is 25.7. The molecule has 1 aromatic rings. The van der Waals surface area contributed by atoms with Crippen molar-refractivity contribution < 1.29 is 14.6 Å². The molecule has 0 radical (unpaired) electrons. The van der Waals surface area contributed by atoms with Crippen LogP contribution in [0.3, 0.4) is 0 Å². The molecule has 0 saturated carbocycles. The van der Waals surface area contributed by atoms with Gasteiger partial charge in [-0.3, -0.25) is 0 Å². The molecule has 100 valence electrons. The van der Waals surface area contributed by atoms with Crippen LogP contribution in [-0.4, -0.2) is 23.9 Å². The maximum absolute atomic E-state index is 10.5. The quantitative estimate of drug-likeness (QED) is 0.892. The number of aliphatic hydroxyl groups excluding tert-OH is 1. The van der Waals surface area contributed by atoms with Gasteiger partial charge in [0.05, 0.1) is 12.2 Å². The van der Waals surface area contributed by atoms with Crippen molar-refractivity contribution >= 4 is 0 Å². The van der Waals surface area contributed by atoms with Gasteiger partial charge in [-0.2, -0.15) is 0 Å². The maximum atomic E-state index is 10.5. The number of benzene rings is 1. The molecule has 18 heavy (non-hydrogen) atoms. The van der Waals surface area contributed by atoms with Crippen molar-refractivity contribution in [3.8, 4) is 5.75 Å². The van der Waals surface area contributed by atoms with Gasteiger partial charge in [-0.25, -0.2) is 0 Å². The summed E-state index contributed by atoms with van der Waals surface area (Å²) in [5.41, 5.74) is 0.397. The van der Waals surface area contributed by atoms with Gasteiger partial charge >= 0.3 is 0 Å². The van der Waals surface area contributed by atoms with E-state index in [4.69, 9.17) is 9.47 Å². The van der Waals surface area contributed by atoms with Crippen molar-refractivity contribution in [2.75, 3.05) is 13.2 Å². The van der Waals surface area contributed by atoms with Crippen LogP contribution in [0.4, 0.5) is 0 Å². The van der Waals surface area contributed by atoms with E-state index in [2.05, 4.69) is 0 Å². The Morgan fingerprint density at radius 1 is 1.44 bits per heavy atom. The first-order valence-corrected chi connectivity index (χ1v) is 6.70. The molecule has 2 rings (SSSR count). The highest BCUT2D eigenvalue weighted by molar-refractivity contribution is 5.31. The predicted molar refractivity (Wildman–Crippen MR) is 70.8 cm³/mol. The third-order valence-electron chi connectivity index (χ3n) is 3.56. The third kappa shape index (κ3) is 2.85. The van der Waals surface area contributed by atoms with Gasteiger partial charge in [-0.1, -0.05) is 12.1 Å². The lowest BCUT2D eigenvalue weighted by molar-refractivity contribution is -0.138. The molecular weight excluding hydrogens is 228 g/mol. The molecule has 1 aromatic carbocycles. The highest BCUT2D eigenvalue weighted by Gasteiger charge is 2.36. The molecule has 3 nitrogen and oxygen atoms in total. The highest BCUT2D eigenvalue weighted by atomic mass is 16.5. The fraction of sp³-hybridized carbons (Fsp3) is 0.600. The van der Waals surface area contributed by atoms with Gasteiger partial charge in [0.1, 0.15) is 11.9 Å². The monoisotopic (exact) mass is 250 g/mol. The van der Waals surface area contributed by atoms with Crippen molar-refractivity contribution in [1.29, 1.82) is 0 Å². The summed E-state index contributed by atoms with van der Waals surface area (Å²) in [5.74, 6) is 0.799. The molecule has 0 spiro atoms. The molecule has 3 heteroatoms. The Morgan fingerprint density at radius 3 is 2.94 bits per heavy atom. The van der Waals surface area contributed by atoms with Gasteiger partial charge in [-0.15, -0.1) is 0 Å². The second-order valence-electron chi connectivity index (χ2n) is 5.03. The van der Waals surface area contributed by atoms with Gasteiger partial charge in [-0.05, 0) is 50.8 Å². The molecule has 0 bridgehead atoms. The standard InChI is InChI=1S/C15H22O3/c1-3-17-13-8-6-7-12(11-13)14(16)15(2)9-4-5-10-18-15/h6-8,11,14,16H,3-5,9-10H2,1-2H3. The van der Waals surface area contributed by atoms with E-state index >= 15 is 0 Å². The molecule has 1 fully saturated rings. The molecular formula is C15H22O3. The first-order valence-electron chi connectivity index (χ1n) is 6.70. The average molecular weight is 250 g/mol. The van der Waals surface area contributed by atoms with Crippen molar-refractivity contribution in [3.05, 3.63) is 29.8 Å². The maximum Gasteiger partial charge on any atom is 0.119 e. The minimum atomic E-state index is -0.599. The fourth-order valence-corrected chi connectivity index (χ4v) is 2.46. The number of hydrogen-bond acceptors (Lipinski definition) is 3. The molecule has 1 aliphatic heterocycles. The third-order valence-corrected chi connectivity index (χ3v) is 3.56. The summed E-state index contributed by atoms with van der Waals surface area (Å²) < 4.78 is 11.3. The van der Waals surface area contributed by atoms with E-state index in [9.17, 15) is 5.11 Å². The van der Waals surface area contributed by atoms with Gasteiger partial charge in [0.15, 0.2) is 0 Å². The van der Waals surface area contributed by atoms with Crippen LogP contribution in [0.15, 0.2) is 24.3 Å². The van der Waals surface area contributed by atoms with E-state index in [1.54, 1.807) is 0 Å². The van der Waals surface area contributed by atoms with E-state index in [1.165, 1.54) is 0 Å². The van der Waals surface area contributed by atoms with Crippen LogP contribution in [0.5, 0.6) is 5.75 Å². The van der Waals surface area contributed by atoms with Gasteiger partial charge in [0.25, 0.3) is 0 Å². The minimum absolute atomic E-state index is 0.469. The van der Waals surface area contributed by atoms with Gasteiger partial charge < -0.3 is 14.6 Å². The molecule has 0 aromatic heterocycles. The minimum Gasteiger partial charge on any atom is -0.494 e. The van der Waals surface area contributed by atoms with E-state index in [-0.39, 0.29) is 0 Å². The van der Waals surface area contributed by atoms with Crippen LogP contribution >= 0.6 is 0 Å². The molecule has 0 amide bonds. The topological polar surface area (TPSA) is 38.7 Å². The van der Waals surface area contributed by atoms with Crippen molar-refractivity contribution in [2.45, 2.75) is 44.8 Å². The number of rotatable bonds is 4. The van der Waals surface area contributed by atoms with Gasteiger partial charge in [0, 0.05) is 6.61 Å². The fourth-order valence-electron chi connectivity index (χ4n) is 2.46. The van der Waals surface area contributed by atoms with Crippen LogP contribution in [0.2, 0.25) is 0 Å². The predicted octanol–water partition coefficient (Wildman–Crippen LogP) is 3.08. The lowest BCUT2D eigenvalue weighted by Gasteiger charge is -2.38. The SMILES string of the molecule is CCOc1cccc(C(O)C2(C)CCCCO2)c1. The summed E-state index contributed by atoms with van der Waals surface area (Å²) in [4.78, 5) is 0. The Morgan fingerprint density at radius 2 is 2.28 bits per heavy atom. The van der Waals surface area contributed by atoms with Crippen LogP contribution in [-0.2, 0) is 4.74 Å². The molecule has 2 atom stereocenters. The summed E-state index contributed by atoms with van der Waals surface area (Å²) in [7, 11) is 0. The zero-order valence-corrected chi connectivity index (χ0v) is 11.2. The molecule has 1 heterocycles. The molecule has 1 N–H and O–H groups in total. The molecule has 2 unspecified atom stereocenters. The zero-order valence-electron chi connectivity index (χ0n) is 11.2. The summed E-state index contributed by atoms with van der Waals surface area (Å²) in [6.07, 6.45) is 2.49. The lowest BCUT2D eigenvalue weighted by atomic mass is 9.86. The molecule has 0 aliphatic carbocycles. The smallest absolute Gasteiger partial charge is 0.119 e. The Hall–Kier alpha value is -1.06. The van der Waals surface area contributed by atoms with E-state index < -0.39 is 11.7 Å². The number of aliphatic hydroxyl groups is 1. The second kappa shape index (κ2) is 5.72. The summed E-state index contributed by atoms with van der Waals surface area (Å²) in [6, 6.07) is 7.65. The van der Waals surface area contributed by atoms with Gasteiger partial charge in [0.2, 0.25) is 0 Å². The first kappa shape index (κ1) is 13.4. The average Bonchev–Trinajstić information content (AvgIpc) is 2.39. The van der Waals surface area contributed by atoms with E-state index in [0.29, 0.717) is 6.61 Å². The van der Waals surface area contributed by atoms with Crippen molar-refractivity contribution in [2.24, 2.45) is 0 Å². The summed E-state index contributed by atoms with van der Waals surface area (Å²) in [6.45, 7) is 5.31. The van der Waals surface area contributed by atoms with Crippen LogP contribution < -0.4 is 4.74 Å². The van der Waals surface area contributed by atoms with E-state index in [1.807, 2.05) is 38.1 Å². The van der Waals surface area contributed by atoms with Crippen molar-refractivity contribution in [3.63, 3.8) is 0 Å². The Labute approximate surface area is 109 Å². The molecule has 1 aliphatic rings. The largest absolute Gasteiger partial charge is 0.494 e. The Kier molecular flexibility index (Phi) is 4.25.